The fourth-order valence-electron chi connectivity index (χ4n) is 3.20. The Balaban J connectivity index is 1.57. The fourth-order valence-corrected chi connectivity index (χ4v) is 4.03. The van der Waals surface area contributed by atoms with Gasteiger partial charge in [0, 0.05) is 11.4 Å². The number of para-hydroxylation sites is 3. The SMILES string of the molecule is Cc1ccc(NC(=O)CSc2nc3ccccc3n2-c2ccccc2)c(C)c1. The summed E-state index contributed by atoms with van der Waals surface area (Å²) in [5.74, 6) is 0.257. The van der Waals surface area contributed by atoms with Gasteiger partial charge in [0.15, 0.2) is 5.16 Å². The average Bonchev–Trinajstić information content (AvgIpc) is 3.07. The number of aromatic nitrogens is 2. The number of hydrogen-bond acceptors (Lipinski definition) is 3. The second-order valence-corrected chi connectivity index (χ2v) is 7.65. The molecule has 1 N–H and O–H groups in total. The van der Waals surface area contributed by atoms with Gasteiger partial charge in [-0.1, -0.05) is 59.8 Å². The van der Waals surface area contributed by atoms with Crippen molar-refractivity contribution in [2.45, 2.75) is 19.0 Å². The molecule has 140 valence electrons. The van der Waals surface area contributed by atoms with Crippen LogP contribution in [0.25, 0.3) is 16.7 Å². The lowest BCUT2D eigenvalue weighted by atomic mass is 10.1. The Morgan fingerprint density at radius 2 is 1.75 bits per heavy atom. The third kappa shape index (κ3) is 3.80. The minimum Gasteiger partial charge on any atom is -0.325 e. The third-order valence-electron chi connectivity index (χ3n) is 4.53. The number of carbonyl (C=O) groups is 1. The van der Waals surface area contributed by atoms with Crippen molar-refractivity contribution in [3.8, 4) is 5.69 Å². The number of hydrogen-bond donors (Lipinski definition) is 1. The van der Waals surface area contributed by atoms with Gasteiger partial charge < -0.3 is 5.32 Å². The Hall–Kier alpha value is -3.05. The van der Waals surface area contributed by atoms with E-state index in [1.165, 1.54) is 17.3 Å². The van der Waals surface area contributed by atoms with Gasteiger partial charge in [0.05, 0.1) is 16.8 Å². The molecule has 0 radical (unpaired) electrons. The molecule has 3 aromatic carbocycles. The topological polar surface area (TPSA) is 46.9 Å². The molecule has 5 heteroatoms. The second kappa shape index (κ2) is 7.90. The number of imidazole rings is 1. The highest BCUT2D eigenvalue weighted by atomic mass is 32.2. The molecule has 0 bridgehead atoms. The van der Waals surface area contributed by atoms with Gasteiger partial charge in [-0.3, -0.25) is 9.36 Å². The molecule has 4 aromatic rings. The summed E-state index contributed by atoms with van der Waals surface area (Å²) in [6.45, 7) is 4.05. The minimum absolute atomic E-state index is 0.0383. The summed E-state index contributed by atoms with van der Waals surface area (Å²) in [6.07, 6.45) is 0. The molecule has 28 heavy (non-hydrogen) atoms. The Morgan fingerprint density at radius 1 is 1.00 bits per heavy atom. The van der Waals surface area contributed by atoms with Crippen LogP contribution in [-0.4, -0.2) is 21.2 Å². The number of anilines is 1. The molecule has 0 atom stereocenters. The molecule has 4 rings (SSSR count). The van der Waals surface area contributed by atoms with E-state index in [9.17, 15) is 4.79 Å². The molecule has 0 aliphatic heterocycles. The van der Waals surface area contributed by atoms with Crippen molar-refractivity contribution in [2.75, 3.05) is 11.1 Å². The first-order chi connectivity index (χ1) is 13.6. The van der Waals surface area contributed by atoms with E-state index in [0.717, 1.165) is 33.1 Å². The number of carbonyl (C=O) groups excluding carboxylic acids is 1. The maximum Gasteiger partial charge on any atom is 0.234 e. The predicted octanol–water partition coefficient (Wildman–Crippen LogP) is 5.37. The van der Waals surface area contributed by atoms with E-state index in [-0.39, 0.29) is 5.91 Å². The van der Waals surface area contributed by atoms with E-state index in [0.29, 0.717) is 5.75 Å². The van der Waals surface area contributed by atoms with Crippen molar-refractivity contribution < 1.29 is 4.79 Å². The first-order valence-electron chi connectivity index (χ1n) is 9.14. The molecule has 0 spiro atoms. The summed E-state index contributed by atoms with van der Waals surface area (Å²) >= 11 is 1.44. The summed E-state index contributed by atoms with van der Waals surface area (Å²) in [5.41, 5.74) is 6.09. The van der Waals surface area contributed by atoms with Crippen molar-refractivity contribution in [1.29, 1.82) is 0 Å². The number of amides is 1. The number of nitrogens with one attached hydrogen (secondary N) is 1. The molecule has 1 heterocycles. The lowest BCUT2D eigenvalue weighted by molar-refractivity contribution is -0.113. The zero-order chi connectivity index (χ0) is 19.5. The molecule has 0 aliphatic rings. The smallest absolute Gasteiger partial charge is 0.234 e. The van der Waals surface area contributed by atoms with Crippen LogP contribution in [0.5, 0.6) is 0 Å². The third-order valence-corrected chi connectivity index (χ3v) is 5.47. The van der Waals surface area contributed by atoms with Crippen LogP contribution in [0.2, 0.25) is 0 Å². The van der Waals surface area contributed by atoms with Gasteiger partial charge in [-0.2, -0.15) is 0 Å². The molecule has 0 saturated carbocycles. The number of nitrogens with zero attached hydrogens (tertiary/aromatic N) is 2. The molecule has 1 amide bonds. The number of rotatable bonds is 5. The standard InChI is InChI=1S/C23H21N3OS/c1-16-12-13-19(17(2)14-16)24-22(27)15-28-23-25-20-10-6-7-11-21(20)26(23)18-8-4-3-5-9-18/h3-14H,15H2,1-2H3,(H,24,27). The lowest BCUT2D eigenvalue weighted by Gasteiger charge is -2.10. The number of aryl methyl sites for hydroxylation is 2. The van der Waals surface area contributed by atoms with E-state index in [4.69, 9.17) is 4.98 Å². The molecule has 0 fully saturated rings. The number of fused-ring (bicyclic) bond motifs is 1. The molecule has 0 unspecified atom stereocenters. The van der Waals surface area contributed by atoms with E-state index in [2.05, 4.69) is 22.0 Å². The first kappa shape index (κ1) is 18.3. The van der Waals surface area contributed by atoms with Crippen LogP contribution in [0, 0.1) is 13.8 Å². The van der Waals surface area contributed by atoms with Gasteiger partial charge in [0.2, 0.25) is 5.91 Å². The van der Waals surface area contributed by atoms with Crippen LogP contribution in [0.1, 0.15) is 11.1 Å². The quantitative estimate of drug-likeness (QED) is 0.468. The molecular formula is C23H21N3OS. The van der Waals surface area contributed by atoms with Crippen molar-refractivity contribution in [3.05, 3.63) is 83.9 Å². The van der Waals surface area contributed by atoms with Crippen LogP contribution >= 0.6 is 11.8 Å². The monoisotopic (exact) mass is 387 g/mol. The van der Waals surface area contributed by atoms with Crippen LogP contribution in [0.15, 0.2) is 78.0 Å². The lowest BCUT2D eigenvalue weighted by Crippen LogP contribution is -2.15. The zero-order valence-corrected chi connectivity index (χ0v) is 16.7. The van der Waals surface area contributed by atoms with Gasteiger partial charge in [-0.15, -0.1) is 0 Å². The second-order valence-electron chi connectivity index (χ2n) is 6.71. The van der Waals surface area contributed by atoms with Crippen LogP contribution in [0.4, 0.5) is 5.69 Å². The van der Waals surface area contributed by atoms with Gasteiger partial charge in [-0.25, -0.2) is 4.98 Å². The zero-order valence-electron chi connectivity index (χ0n) is 15.8. The largest absolute Gasteiger partial charge is 0.325 e. The van der Waals surface area contributed by atoms with E-state index in [1.54, 1.807) is 0 Å². The van der Waals surface area contributed by atoms with Crippen LogP contribution in [-0.2, 0) is 4.79 Å². The highest BCUT2D eigenvalue weighted by molar-refractivity contribution is 7.99. The molecule has 0 saturated heterocycles. The van der Waals surface area contributed by atoms with Crippen molar-refractivity contribution in [3.63, 3.8) is 0 Å². The molecular weight excluding hydrogens is 366 g/mol. The highest BCUT2D eigenvalue weighted by Crippen LogP contribution is 2.28. The maximum absolute atomic E-state index is 12.5. The average molecular weight is 388 g/mol. The Kier molecular flexibility index (Phi) is 5.17. The normalized spacial score (nSPS) is 10.9. The van der Waals surface area contributed by atoms with Crippen molar-refractivity contribution in [2.24, 2.45) is 0 Å². The van der Waals surface area contributed by atoms with Gasteiger partial charge >= 0.3 is 0 Å². The molecule has 1 aromatic heterocycles. The Labute approximate surface area is 168 Å². The minimum atomic E-state index is -0.0383. The van der Waals surface area contributed by atoms with Crippen LogP contribution in [0.3, 0.4) is 0 Å². The van der Waals surface area contributed by atoms with Crippen molar-refractivity contribution >= 4 is 34.4 Å². The summed E-state index contributed by atoms with van der Waals surface area (Å²) in [7, 11) is 0. The van der Waals surface area contributed by atoms with Gasteiger partial charge in [-0.05, 0) is 49.7 Å². The Bertz CT molecular complexity index is 1140. The highest BCUT2D eigenvalue weighted by Gasteiger charge is 2.14. The van der Waals surface area contributed by atoms with E-state index < -0.39 is 0 Å². The van der Waals surface area contributed by atoms with Gasteiger partial charge in [0.1, 0.15) is 0 Å². The predicted molar refractivity (Wildman–Crippen MR) is 116 cm³/mol. The van der Waals surface area contributed by atoms with E-state index in [1.807, 2.05) is 74.5 Å². The first-order valence-corrected chi connectivity index (χ1v) is 10.1. The summed E-state index contributed by atoms with van der Waals surface area (Å²) < 4.78 is 2.10. The van der Waals surface area contributed by atoms with Crippen molar-refractivity contribution in [1.82, 2.24) is 9.55 Å². The molecule has 0 aliphatic carbocycles. The summed E-state index contributed by atoms with van der Waals surface area (Å²) in [4.78, 5) is 17.3. The van der Waals surface area contributed by atoms with Gasteiger partial charge in [0.25, 0.3) is 0 Å². The maximum atomic E-state index is 12.5. The number of thioether (sulfide) groups is 1. The van der Waals surface area contributed by atoms with Crippen LogP contribution < -0.4 is 5.32 Å². The fraction of sp³-hybridized carbons (Fsp3) is 0.130. The Morgan fingerprint density at radius 3 is 2.54 bits per heavy atom. The summed E-state index contributed by atoms with van der Waals surface area (Å²) in [5, 5.41) is 3.81. The van der Waals surface area contributed by atoms with E-state index >= 15 is 0 Å². The molecule has 4 nitrogen and oxygen atoms in total. The number of benzene rings is 3. The summed E-state index contributed by atoms with van der Waals surface area (Å²) in [6, 6.07) is 24.2.